The SMILES string of the molecule is CC(C)Cc1ccc(CCC(=O)c2ccc([C@H]3CC[C@]4(COC(=O)N4C(=O)OC(C)(C)C)C3)n2C)cc1. The first-order chi connectivity index (χ1) is 17.4. The molecular weight excluding hydrogens is 468 g/mol. The molecule has 1 aliphatic heterocycles. The van der Waals surface area contributed by atoms with Gasteiger partial charge in [-0.1, -0.05) is 38.1 Å². The van der Waals surface area contributed by atoms with Crippen molar-refractivity contribution in [2.45, 2.75) is 90.2 Å². The molecule has 1 spiro atoms. The summed E-state index contributed by atoms with van der Waals surface area (Å²) in [7, 11) is 1.93. The van der Waals surface area contributed by atoms with Crippen LogP contribution in [-0.2, 0) is 29.4 Å². The molecule has 7 heteroatoms. The molecule has 2 aromatic rings. The summed E-state index contributed by atoms with van der Waals surface area (Å²) in [4.78, 5) is 39.6. The van der Waals surface area contributed by atoms with E-state index in [1.807, 2.05) is 23.7 Å². The standard InChI is InChI=1S/C30H40N2O5/c1-20(2)17-22-9-7-21(8-10-22)11-14-26(33)25-13-12-24(31(25)6)23-15-16-30(18-23)19-36-27(34)32(30)28(35)37-29(3,4)5/h7-10,12-13,20,23H,11,14-19H2,1-6H3/t23-,30+/m0/s1. The predicted molar refractivity (Wildman–Crippen MR) is 142 cm³/mol. The minimum absolute atomic E-state index is 0.111. The van der Waals surface area contributed by atoms with Crippen molar-refractivity contribution in [2.24, 2.45) is 13.0 Å². The van der Waals surface area contributed by atoms with Crippen LogP contribution in [0.2, 0.25) is 0 Å². The molecule has 37 heavy (non-hydrogen) atoms. The minimum atomic E-state index is -0.708. The van der Waals surface area contributed by atoms with Gasteiger partial charge in [0, 0.05) is 25.1 Å². The van der Waals surface area contributed by atoms with Crippen molar-refractivity contribution in [1.29, 1.82) is 0 Å². The minimum Gasteiger partial charge on any atom is -0.446 e. The molecule has 0 radical (unpaired) electrons. The van der Waals surface area contributed by atoms with E-state index in [0.29, 0.717) is 37.3 Å². The van der Waals surface area contributed by atoms with E-state index in [-0.39, 0.29) is 18.3 Å². The molecule has 2 aliphatic rings. The third-order valence-electron chi connectivity index (χ3n) is 7.45. The van der Waals surface area contributed by atoms with Gasteiger partial charge in [0.1, 0.15) is 12.2 Å². The number of cyclic esters (lactones) is 1. The van der Waals surface area contributed by atoms with Gasteiger partial charge < -0.3 is 14.0 Å². The number of amides is 2. The van der Waals surface area contributed by atoms with Crippen molar-refractivity contribution in [3.05, 3.63) is 58.9 Å². The molecule has 2 heterocycles. The van der Waals surface area contributed by atoms with E-state index in [9.17, 15) is 14.4 Å². The molecule has 1 saturated carbocycles. The molecule has 2 fully saturated rings. The summed E-state index contributed by atoms with van der Waals surface area (Å²) in [5, 5.41) is 0. The van der Waals surface area contributed by atoms with Crippen molar-refractivity contribution < 1.29 is 23.9 Å². The van der Waals surface area contributed by atoms with Crippen LogP contribution >= 0.6 is 0 Å². The zero-order valence-electron chi connectivity index (χ0n) is 23.0. The second-order valence-electron chi connectivity index (χ2n) is 12.1. The fourth-order valence-corrected chi connectivity index (χ4v) is 5.70. The van der Waals surface area contributed by atoms with Gasteiger partial charge in [0.2, 0.25) is 0 Å². The summed E-state index contributed by atoms with van der Waals surface area (Å²) in [6.07, 6.45) is 2.94. The van der Waals surface area contributed by atoms with Gasteiger partial charge in [-0.2, -0.15) is 0 Å². The van der Waals surface area contributed by atoms with E-state index in [4.69, 9.17) is 9.47 Å². The lowest BCUT2D eigenvalue weighted by atomic mass is 9.95. The Kier molecular flexibility index (Phi) is 7.54. The molecule has 7 nitrogen and oxygen atoms in total. The van der Waals surface area contributed by atoms with Crippen LogP contribution in [0.5, 0.6) is 0 Å². The van der Waals surface area contributed by atoms with Crippen molar-refractivity contribution in [2.75, 3.05) is 6.61 Å². The summed E-state index contributed by atoms with van der Waals surface area (Å²) >= 11 is 0. The van der Waals surface area contributed by atoms with Gasteiger partial charge in [0.05, 0.1) is 11.2 Å². The molecule has 200 valence electrons. The average Bonchev–Trinajstić information content (AvgIpc) is 3.48. The van der Waals surface area contributed by atoms with Crippen LogP contribution in [0.25, 0.3) is 0 Å². The van der Waals surface area contributed by atoms with E-state index < -0.39 is 23.3 Å². The van der Waals surface area contributed by atoms with E-state index in [2.05, 4.69) is 38.1 Å². The molecule has 1 aromatic heterocycles. The second-order valence-corrected chi connectivity index (χ2v) is 12.1. The quantitative estimate of drug-likeness (QED) is 0.403. The number of nitrogens with zero attached hydrogens (tertiary/aromatic N) is 2. The van der Waals surface area contributed by atoms with Crippen molar-refractivity contribution in [3.8, 4) is 0 Å². The first-order valence-electron chi connectivity index (χ1n) is 13.4. The zero-order valence-corrected chi connectivity index (χ0v) is 23.0. The Bertz CT molecular complexity index is 1160. The van der Waals surface area contributed by atoms with Crippen LogP contribution in [0.4, 0.5) is 9.59 Å². The van der Waals surface area contributed by atoms with Crippen LogP contribution in [0, 0.1) is 5.92 Å². The highest BCUT2D eigenvalue weighted by Gasteiger charge is 2.56. The van der Waals surface area contributed by atoms with Crippen LogP contribution in [0.3, 0.4) is 0 Å². The molecule has 2 atom stereocenters. The molecule has 4 rings (SSSR count). The number of hydrogen-bond acceptors (Lipinski definition) is 5. The highest BCUT2D eigenvalue weighted by Crippen LogP contribution is 2.47. The number of aromatic nitrogens is 1. The largest absolute Gasteiger partial charge is 0.446 e. The summed E-state index contributed by atoms with van der Waals surface area (Å²) in [6.45, 7) is 9.94. The van der Waals surface area contributed by atoms with Crippen LogP contribution < -0.4 is 0 Å². The van der Waals surface area contributed by atoms with Gasteiger partial charge in [-0.3, -0.25) is 4.79 Å². The maximum atomic E-state index is 13.1. The maximum Gasteiger partial charge on any atom is 0.420 e. The van der Waals surface area contributed by atoms with Crippen molar-refractivity contribution >= 4 is 18.0 Å². The zero-order chi connectivity index (χ0) is 27.0. The Morgan fingerprint density at radius 2 is 1.78 bits per heavy atom. The molecule has 1 saturated heterocycles. The number of aryl methyl sites for hydroxylation is 1. The fraction of sp³-hybridized carbons (Fsp3) is 0.567. The Balaban J connectivity index is 1.41. The molecular formula is C30H40N2O5. The molecule has 0 N–H and O–H groups in total. The third-order valence-corrected chi connectivity index (χ3v) is 7.45. The summed E-state index contributed by atoms with van der Waals surface area (Å²) in [6, 6.07) is 12.5. The number of carbonyl (C=O) groups is 3. The number of rotatable bonds is 7. The molecule has 2 amide bonds. The molecule has 1 aromatic carbocycles. The molecule has 0 unspecified atom stereocenters. The third kappa shape index (κ3) is 5.91. The highest BCUT2D eigenvalue weighted by atomic mass is 16.6. The smallest absolute Gasteiger partial charge is 0.420 e. The Morgan fingerprint density at radius 3 is 2.43 bits per heavy atom. The van der Waals surface area contributed by atoms with Gasteiger partial charge in [-0.15, -0.1) is 0 Å². The number of Topliss-reactive ketones (excluding diaryl/α,β-unsaturated/α-hetero) is 1. The number of ketones is 1. The van der Waals surface area contributed by atoms with Crippen molar-refractivity contribution in [1.82, 2.24) is 9.47 Å². The topological polar surface area (TPSA) is 77.8 Å². The van der Waals surface area contributed by atoms with Crippen LogP contribution in [0.1, 0.15) is 93.5 Å². The second kappa shape index (κ2) is 10.3. The lowest BCUT2D eigenvalue weighted by Gasteiger charge is -2.32. The Hall–Kier alpha value is -3.09. The van der Waals surface area contributed by atoms with E-state index >= 15 is 0 Å². The van der Waals surface area contributed by atoms with Gasteiger partial charge in [0.25, 0.3) is 0 Å². The summed E-state index contributed by atoms with van der Waals surface area (Å²) in [5.41, 5.74) is 2.81. The van der Waals surface area contributed by atoms with Crippen molar-refractivity contribution in [3.63, 3.8) is 0 Å². The monoisotopic (exact) mass is 508 g/mol. The lowest BCUT2D eigenvalue weighted by molar-refractivity contribution is 0.0191. The van der Waals surface area contributed by atoms with Gasteiger partial charge in [-0.25, -0.2) is 14.5 Å². The summed E-state index contributed by atoms with van der Waals surface area (Å²) in [5.74, 6) is 0.845. The number of ether oxygens (including phenoxy) is 2. The lowest BCUT2D eigenvalue weighted by Crippen LogP contribution is -2.50. The summed E-state index contributed by atoms with van der Waals surface area (Å²) < 4.78 is 12.8. The highest BCUT2D eigenvalue weighted by molar-refractivity contribution is 5.95. The number of benzene rings is 1. The molecule has 0 bridgehead atoms. The number of carbonyl (C=O) groups excluding carboxylic acids is 3. The van der Waals surface area contributed by atoms with Gasteiger partial charge >= 0.3 is 12.2 Å². The van der Waals surface area contributed by atoms with Gasteiger partial charge in [-0.05, 0) is 82.1 Å². The average molecular weight is 509 g/mol. The van der Waals surface area contributed by atoms with E-state index in [1.54, 1.807) is 20.8 Å². The fourth-order valence-electron chi connectivity index (χ4n) is 5.70. The number of imide groups is 1. The van der Waals surface area contributed by atoms with Gasteiger partial charge in [0.15, 0.2) is 5.78 Å². The maximum absolute atomic E-state index is 13.1. The van der Waals surface area contributed by atoms with Crippen LogP contribution in [-0.4, -0.2) is 45.2 Å². The Labute approximate surface area is 220 Å². The first kappa shape index (κ1) is 27.0. The number of hydrogen-bond donors (Lipinski definition) is 0. The van der Waals surface area contributed by atoms with Crippen LogP contribution in [0.15, 0.2) is 36.4 Å². The predicted octanol–water partition coefficient (Wildman–Crippen LogP) is 6.43. The first-order valence-corrected chi connectivity index (χ1v) is 13.4. The van der Waals surface area contributed by atoms with E-state index in [0.717, 1.165) is 18.5 Å². The normalized spacial score (nSPS) is 21.6. The Morgan fingerprint density at radius 1 is 1.11 bits per heavy atom. The van der Waals surface area contributed by atoms with E-state index in [1.165, 1.54) is 16.0 Å². The molecule has 1 aliphatic carbocycles.